The zero-order valence-electron chi connectivity index (χ0n) is 11.6. The van der Waals surface area contributed by atoms with Gasteiger partial charge in [-0.3, -0.25) is 4.90 Å². The van der Waals surface area contributed by atoms with Crippen molar-refractivity contribution in [2.75, 3.05) is 25.0 Å². The smallest absolute Gasteiger partial charge is 0.0376 e. The Morgan fingerprint density at radius 2 is 2.00 bits per heavy atom. The number of piperidine rings is 1. The van der Waals surface area contributed by atoms with Gasteiger partial charge in [0.15, 0.2) is 0 Å². The Bertz CT molecular complexity index is 456. The molecule has 0 aromatic heterocycles. The van der Waals surface area contributed by atoms with Crippen LogP contribution in [0.3, 0.4) is 0 Å². The maximum atomic E-state index is 3.57. The van der Waals surface area contributed by atoms with Gasteiger partial charge in [0.1, 0.15) is 0 Å². The number of hydrogen-bond donors (Lipinski definition) is 1. The zero-order valence-corrected chi connectivity index (χ0v) is 11.6. The van der Waals surface area contributed by atoms with Gasteiger partial charge >= 0.3 is 0 Å². The fourth-order valence-corrected chi connectivity index (χ4v) is 4.59. The van der Waals surface area contributed by atoms with E-state index in [1.165, 1.54) is 50.9 Å². The number of rotatable bonds is 2. The molecular formula is C17H24N2. The Morgan fingerprint density at radius 3 is 3.00 bits per heavy atom. The highest BCUT2D eigenvalue weighted by atomic mass is 15.2. The van der Waals surface area contributed by atoms with Gasteiger partial charge in [-0.1, -0.05) is 24.6 Å². The van der Waals surface area contributed by atoms with Crippen molar-refractivity contribution >= 4 is 5.69 Å². The molecule has 1 aromatic carbocycles. The van der Waals surface area contributed by atoms with Crippen LogP contribution < -0.4 is 5.32 Å². The molecular weight excluding hydrogens is 232 g/mol. The minimum absolute atomic E-state index is 0.704. The van der Waals surface area contributed by atoms with E-state index in [4.69, 9.17) is 0 Å². The van der Waals surface area contributed by atoms with Crippen molar-refractivity contribution in [3.05, 3.63) is 29.8 Å². The van der Waals surface area contributed by atoms with E-state index < -0.39 is 0 Å². The molecule has 2 aliphatic heterocycles. The number of nitrogens with one attached hydrogen (secondary N) is 1. The molecule has 4 rings (SSSR count). The fraction of sp³-hybridized carbons (Fsp3) is 0.647. The standard InChI is InChI=1S/C17H24N2/c1-2-8-16-15(7-1)14(11-18-16)12-19-10-4-6-13-5-3-9-17(13)19/h1-2,7-8,13-14,17-18H,3-6,9-12H2. The Balaban J connectivity index is 1.50. The molecule has 0 bridgehead atoms. The molecule has 1 saturated heterocycles. The topological polar surface area (TPSA) is 15.3 Å². The highest BCUT2D eigenvalue weighted by Gasteiger charge is 2.36. The van der Waals surface area contributed by atoms with Gasteiger partial charge < -0.3 is 5.32 Å². The quantitative estimate of drug-likeness (QED) is 0.871. The third-order valence-electron chi connectivity index (χ3n) is 5.50. The van der Waals surface area contributed by atoms with Crippen LogP contribution in [-0.2, 0) is 0 Å². The highest BCUT2D eigenvalue weighted by molar-refractivity contribution is 5.57. The van der Waals surface area contributed by atoms with E-state index in [2.05, 4.69) is 34.5 Å². The van der Waals surface area contributed by atoms with E-state index in [0.29, 0.717) is 5.92 Å². The second kappa shape index (κ2) is 4.82. The van der Waals surface area contributed by atoms with Crippen molar-refractivity contribution in [2.24, 2.45) is 5.92 Å². The molecule has 19 heavy (non-hydrogen) atoms. The largest absolute Gasteiger partial charge is 0.384 e. The van der Waals surface area contributed by atoms with Crippen molar-refractivity contribution in [1.82, 2.24) is 4.90 Å². The van der Waals surface area contributed by atoms with Crippen LogP contribution in [0.2, 0.25) is 0 Å². The zero-order chi connectivity index (χ0) is 12.7. The first-order chi connectivity index (χ1) is 9.42. The van der Waals surface area contributed by atoms with Gasteiger partial charge in [0, 0.05) is 30.7 Å². The van der Waals surface area contributed by atoms with Crippen molar-refractivity contribution in [1.29, 1.82) is 0 Å². The minimum atomic E-state index is 0.704. The van der Waals surface area contributed by atoms with E-state index in [0.717, 1.165) is 18.5 Å². The lowest BCUT2D eigenvalue weighted by atomic mass is 9.90. The Morgan fingerprint density at radius 1 is 1.11 bits per heavy atom. The molecule has 2 fully saturated rings. The van der Waals surface area contributed by atoms with E-state index in [-0.39, 0.29) is 0 Å². The summed E-state index contributed by atoms with van der Waals surface area (Å²) in [6, 6.07) is 9.77. The number of likely N-dealkylation sites (tertiary alicyclic amines) is 1. The lowest BCUT2D eigenvalue weighted by Gasteiger charge is -2.39. The van der Waals surface area contributed by atoms with Gasteiger partial charge in [0.25, 0.3) is 0 Å². The normalized spacial score (nSPS) is 33.8. The molecule has 2 nitrogen and oxygen atoms in total. The summed E-state index contributed by atoms with van der Waals surface area (Å²) in [6.45, 7) is 3.73. The summed E-state index contributed by atoms with van der Waals surface area (Å²) in [7, 11) is 0. The summed E-state index contributed by atoms with van der Waals surface area (Å²) in [5.74, 6) is 1.72. The van der Waals surface area contributed by atoms with Gasteiger partial charge in [0.05, 0.1) is 0 Å². The molecule has 3 aliphatic rings. The maximum Gasteiger partial charge on any atom is 0.0376 e. The lowest BCUT2D eigenvalue weighted by molar-refractivity contribution is 0.108. The summed E-state index contributed by atoms with van der Waals surface area (Å²) < 4.78 is 0. The van der Waals surface area contributed by atoms with Gasteiger partial charge in [-0.25, -0.2) is 0 Å². The van der Waals surface area contributed by atoms with Crippen LogP contribution in [0.4, 0.5) is 5.69 Å². The average molecular weight is 256 g/mol. The SMILES string of the molecule is c1ccc2c(c1)NCC2CN1CCCC2CCCC21. The molecule has 3 unspecified atom stereocenters. The fourth-order valence-electron chi connectivity index (χ4n) is 4.59. The predicted octanol–water partition coefficient (Wildman–Crippen LogP) is 3.46. The van der Waals surface area contributed by atoms with Gasteiger partial charge in [-0.2, -0.15) is 0 Å². The molecule has 0 amide bonds. The van der Waals surface area contributed by atoms with Crippen molar-refractivity contribution in [3.8, 4) is 0 Å². The third kappa shape index (κ3) is 2.06. The van der Waals surface area contributed by atoms with Crippen LogP contribution >= 0.6 is 0 Å². The van der Waals surface area contributed by atoms with Crippen LogP contribution in [0.5, 0.6) is 0 Å². The highest BCUT2D eigenvalue weighted by Crippen LogP contribution is 2.39. The second-order valence-corrected chi connectivity index (χ2v) is 6.56. The average Bonchev–Trinajstić information content (AvgIpc) is 3.06. The number of fused-ring (bicyclic) bond motifs is 2. The predicted molar refractivity (Wildman–Crippen MR) is 79.6 cm³/mol. The van der Waals surface area contributed by atoms with Crippen LogP contribution in [0.15, 0.2) is 24.3 Å². The van der Waals surface area contributed by atoms with Crippen LogP contribution in [0.1, 0.15) is 43.6 Å². The number of hydrogen-bond acceptors (Lipinski definition) is 2. The summed E-state index contributed by atoms with van der Waals surface area (Å²) in [4.78, 5) is 2.82. The van der Waals surface area contributed by atoms with Crippen LogP contribution in [0.25, 0.3) is 0 Å². The van der Waals surface area contributed by atoms with E-state index in [1.54, 1.807) is 5.56 Å². The van der Waals surface area contributed by atoms with Gasteiger partial charge in [-0.05, 0) is 49.8 Å². The molecule has 0 radical (unpaired) electrons. The Kier molecular flexibility index (Phi) is 2.99. The molecule has 3 atom stereocenters. The molecule has 102 valence electrons. The molecule has 1 aromatic rings. The molecule has 2 heterocycles. The molecule has 2 heteroatoms. The first-order valence-corrected chi connectivity index (χ1v) is 7.98. The number of anilines is 1. The van der Waals surface area contributed by atoms with E-state index >= 15 is 0 Å². The number of benzene rings is 1. The van der Waals surface area contributed by atoms with Gasteiger partial charge in [-0.15, -0.1) is 0 Å². The van der Waals surface area contributed by atoms with E-state index in [9.17, 15) is 0 Å². The van der Waals surface area contributed by atoms with Crippen LogP contribution in [0, 0.1) is 5.92 Å². The van der Waals surface area contributed by atoms with E-state index in [1.807, 2.05) is 0 Å². The number of nitrogens with zero attached hydrogens (tertiary/aromatic N) is 1. The Labute approximate surface area is 116 Å². The summed E-state index contributed by atoms with van der Waals surface area (Å²) in [5.41, 5.74) is 2.91. The summed E-state index contributed by atoms with van der Waals surface area (Å²) >= 11 is 0. The third-order valence-corrected chi connectivity index (χ3v) is 5.50. The molecule has 1 saturated carbocycles. The summed E-state index contributed by atoms with van der Waals surface area (Å²) in [6.07, 6.45) is 7.31. The molecule has 1 N–H and O–H groups in total. The first kappa shape index (κ1) is 11.8. The van der Waals surface area contributed by atoms with Crippen molar-refractivity contribution in [2.45, 2.75) is 44.1 Å². The monoisotopic (exact) mass is 256 g/mol. The summed E-state index contributed by atoms with van der Waals surface area (Å²) in [5, 5.41) is 3.57. The van der Waals surface area contributed by atoms with Crippen molar-refractivity contribution in [3.63, 3.8) is 0 Å². The lowest BCUT2D eigenvalue weighted by Crippen LogP contribution is -2.44. The second-order valence-electron chi connectivity index (χ2n) is 6.56. The maximum absolute atomic E-state index is 3.57. The minimum Gasteiger partial charge on any atom is -0.384 e. The van der Waals surface area contributed by atoms with Gasteiger partial charge in [0.2, 0.25) is 0 Å². The van der Waals surface area contributed by atoms with Crippen LogP contribution in [-0.4, -0.2) is 30.6 Å². The molecule has 1 aliphatic carbocycles. The number of para-hydroxylation sites is 1. The molecule has 0 spiro atoms. The van der Waals surface area contributed by atoms with Crippen molar-refractivity contribution < 1.29 is 0 Å². The Hall–Kier alpha value is -1.02. The first-order valence-electron chi connectivity index (χ1n) is 7.98.